The molecule has 0 aliphatic carbocycles. The SMILES string of the molecule is O=C(NCc1ncn[nH]1)Oc1ccccc1. The Hall–Kier alpha value is -2.37. The molecule has 1 heterocycles. The Morgan fingerprint density at radius 1 is 1.38 bits per heavy atom. The van der Waals surface area contributed by atoms with E-state index in [2.05, 4.69) is 20.5 Å². The van der Waals surface area contributed by atoms with Crippen LogP contribution in [0.2, 0.25) is 0 Å². The van der Waals surface area contributed by atoms with Crippen molar-refractivity contribution in [1.82, 2.24) is 20.5 Å². The van der Waals surface area contributed by atoms with Gasteiger partial charge >= 0.3 is 6.09 Å². The first kappa shape index (κ1) is 10.2. The van der Waals surface area contributed by atoms with E-state index in [9.17, 15) is 4.79 Å². The van der Waals surface area contributed by atoms with Crippen LogP contribution in [-0.2, 0) is 6.54 Å². The van der Waals surface area contributed by atoms with Gasteiger partial charge in [-0.1, -0.05) is 18.2 Å². The van der Waals surface area contributed by atoms with Crippen LogP contribution in [0.1, 0.15) is 5.82 Å². The summed E-state index contributed by atoms with van der Waals surface area (Å²) < 4.78 is 5.00. The van der Waals surface area contributed by atoms with Crippen molar-refractivity contribution >= 4 is 6.09 Å². The summed E-state index contributed by atoms with van der Waals surface area (Å²) in [5.41, 5.74) is 0. The number of nitrogens with zero attached hydrogens (tertiary/aromatic N) is 2. The number of nitrogens with one attached hydrogen (secondary N) is 2. The molecule has 2 rings (SSSR count). The van der Waals surface area contributed by atoms with Crippen molar-refractivity contribution in [3.8, 4) is 5.75 Å². The number of benzene rings is 1. The van der Waals surface area contributed by atoms with Gasteiger partial charge in [0, 0.05) is 0 Å². The Labute approximate surface area is 91.7 Å². The molecule has 82 valence electrons. The van der Waals surface area contributed by atoms with Gasteiger partial charge in [0.2, 0.25) is 0 Å². The monoisotopic (exact) mass is 218 g/mol. The molecule has 2 N–H and O–H groups in total. The number of H-pyrrole nitrogens is 1. The molecule has 1 amide bonds. The second-order valence-corrected chi connectivity index (χ2v) is 2.99. The molecule has 0 aliphatic rings. The smallest absolute Gasteiger partial charge is 0.410 e. The first-order valence-corrected chi connectivity index (χ1v) is 4.69. The van der Waals surface area contributed by atoms with Gasteiger partial charge in [-0.15, -0.1) is 0 Å². The summed E-state index contributed by atoms with van der Waals surface area (Å²) in [6.45, 7) is 0.256. The van der Waals surface area contributed by atoms with Gasteiger partial charge in [0.05, 0.1) is 6.54 Å². The maximum atomic E-state index is 11.3. The van der Waals surface area contributed by atoms with E-state index in [4.69, 9.17) is 4.74 Å². The number of amides is 1. The molecule has 0 radical (unpaired) electrons. The lowest BCUT2D eigenvalue weighted by atomic mass is 10.3. The van der Waals surface area contributed by atoms with E-state index in [0.29, 0.717) is 11.6 Å². The largest absolute Gasteiger partial charge is 0.412 e. The van der Waals surface area contributed by atoms with Gasteiger partial charge in [-0.2, -0.15) is 5.10 Å². The molecule has 6 heteroatoms. The summed E-state index contributed by atoms with van der Waals surface area (Å²) in [5.74, 6) is 1.07. The van der Waals surface area contributed by atoms with Gasteiger partial charge in [-0.25, -0.2) is 9.78 Å². The van der Waals surface area contributed by atoms with Crippen LogP contribution in [-0.4, -0.2) is 21.3 Å². The lowest BCUT2D eigenvalue weighted by Gasteiger charge is -2.04. The summed E-state index contributed by atoms with van der Waals surface area (Å²) in [7, 11) is 0. The first-order valence-electron chi connectivity index (χ1n) is 4.69. The van der Waals surface area contributed by atoms with Gasteiger partial charge < -0.3 is 10.1 Å². The molecular weight excluding hydrogens is 208 g/mol. The molecule has 1 aromatic carbocycles. The molecule has 0 aliphatic heterocycles. The number of hydrogen-bond donors (Lipinski definition) is 2. The molecule has 0 unspecified atom stereocenters. The van der Waals surface area contributed by atoms with Gasteiger partial charge in [0.15, 0.2) is 0 Å². The predicted octanol–water partition coefficient (Wildman–Crippen LogP) is 1.09. The highest BCUT2D eigenvalue weighted by atomic mass is 16.6. The summed E-state index contributed by atoms with van der Waals surface area (Å²) in [6, 6.07) is 8.83. The molecule has 0 bridgehead atoms. The predicted molar refractivity (Wildman–Crippen MR) is 55.7 cm³/mol. The van der Waals surface area contributed by atoms with E-state index in [1.54, 1.807) is 24.3 Å². The van der Waals surface area contributed by atoms with E-state index in [1.165, 1.54) is 6.33 Å². The van der Waals surface area contributed by atoms with Crippen LogP contribution < -0.4 is 10.1 Å². The van der Waals surface area contributed by atoms with Crippen molar-refractivity contribution in [3.05, 3.63) is 42.5 Å². The van der Waals surface area contributed by atoms with E-state index in [0.717, 1.165) is 0 Å². The second-order valence-electron chi connectivity index (χ2n) is 2.99. The standard InChI is InChI=1S/C10H10N4O2/c15-10(11-6-9-12-7-13-14-9)16-8-4-2-1-3-5-8/h1-5,7H,6H2,(H,11,15)(H,12,13,14). The molecule has 0 atom stereocenters. The maximum Gasteiger partial charge on any atom is 0.412 e. The van der Waals surface area contributed by atoms with Crippen LogP contribution in [0.25, 0.3) is 0 Å². The number of carbonyl (C=O) groups excluding carboxylic acids is 1. The first-order chi connectivity index (χ1) is 7.84. The molecule has 0 saturated heterocycles. The van der Waals surface area contributed by atoms with Crippen LogP contribution in [0, 0.1) is 0 Å². The number of aromatic nitrogens is 3. The molecule has 0 saturated carbocycles. The zero-order valence-corrected chi connectivity index (χ0v) is 8.38. The van der Waals surface area contributed by atoms with Gasteiger partial charge in [-0.05, 0) is 12.1 Å². The Bertz CT molecular complexity index is 441. The van der Waals surface area contributed by atoms with Crippen molar-refractivity contribution in [2.75, 3.05) is 0 Å². The quantitative estimate of drug-likeness (QED) is 0.808. The zero-order valence-electron chi connectivity index (χ0n) is 8.38. The fourth-order valence-electron chi connectivity index (χ4n) is 1.10. The summed E-state index contributed by atoms with van der Waals surface area (Å²) in [5, 5.41) is 8.82. The fraction of sp³-hybridized carbons (Fsp3) is 0.100. The highest BCUT2D eigenvalue weighted by molar-refractivity contribution is 5.70. The van der Waals surface area contributed by atoms with Crippen LogP contribution in [0.3, 0.4) is 0 Å². The number of carbonyl (C=O) groups is 1. The third-order valence-electron chi connectivity index (χ3n) is 1.82. The minimum absolute atomic E-state index is 0.256. The highest BCUT2D eigenvalue weighted by Crippen LogP contribution is 2.07. The normalized spacial score (nSPS) is 9.75. The van der Waals surface area contributed by atoms with Gasteiger partial charge in [-0.3, -0.25) is 5.10 Å². The Balaban J connectivity index is 1.81. The zero-order chi connectivity index (χ0) is 11.2. The fourth-order valence-corrected chi connectivity index (χ4v) is 1.10. The highest BCUT2D eigenvalue weighted by Gasteiger charge is 2.04. The van der Waals surface area contributed by atoms with E-state index in [1.807, 2.05) is 6.07 Å². The number of aromatic amines is 1. The Kier molecular flexibility index (Phi) is 3.12. The maximum absolute atomic E-state index is 11.3. The molecule has 0 fully saturated rings. The van der Waals surface area contributed by atoms with Crippen LogP contribution in [0.15, 0.2) is 36.7 Å². The summed E-state index contributed by atoms with van der Waals surface area (Å²) >= 11 is 0. The summed E-state index contributed by atoms with van der Waals surface area (Å²) in [6.07, 6.45) is 0.849. The number of hydrogen-bond acceptors (Lipinski definition) is 4. The lowest BCUT2D eigenvalue weighted by Crippen LogP contribution is -2.26. The van der Waals surface area contributed by atoms with Gasteiger partial charge in [0.25, 0.3) is 0 Å². The summed E-state index contributed by atoms with van der Waals surface area (Å²) in [4.78, 5) is 15.2. The number of ether oxygens (including phenoxy) is 1. The van der Waals surface area contributed by atoms with Crippen molar-refractivity contribution in [3.63, 3.8) is 0 Å². The van der Waals surface area contributed by atoms with Gasteiger partial charge in [0.1, 0.15) is 17.9 Å². The third kappa shape index (κ3) is 2.81. The number of para-hydroxylation sites is 1. The van der Waals surface area contributed by atoms with Crippen LogP contribution in [0.5, 0.6) is 5.75 Å². The lowest BCUT2D eigenvalue weighted by molar-refractivity contribution is 0.199. The van der Waals surface area contributed by atoms with Crippen molar-refractivity contribution in [2.45, 2.75) is 6.54 Å². The topological polar surface area (TPSA) is 79.9 Å². The second kappa shape index (κ2) is 4.92. The number of rotatable bonds is 3. The molecule has 2 aromatic rings. The molecular formula is C10H10N4O2. The Morgan fingerprint density at radius 2 is 2.19 bits per heavy atom. The molecule has 0 spiro atoms. The van der Waals surface area contributed by atoms with E-state index >= 15 is 0 Å². The Morgan fingerprint density at radius 3 is 2.88 bits per heavy atom. The molecule has 1 aromatic heterocycles. The van der Waals surface area contributed by atoms with E-state index < -0.39 is 6.09 Å². The van der Waals surface area contributed by atoms with Crippen LogP contribution in [0.4, 0.5) is 4.79 Å². The third-order valence-corrected chi connectivity index (χ3v) is 1.82. The molecule has 6 nitrogen and oxygen atoms in total. The average molecular weight is 218 g/mol. The van der Waals surface area contributed by atoms with E-state index in [-0.39, 0.29) is 6.54 Å². The average Bonchev–Trinajstić information content (AvgIpc) is 2.81. The van der Waals surface area contributed by atoms with Crippen molar-refractivity contribution < 1.29 is 9.53 Å². The minimum atomic E-state index is -0.525. The van der Waals surface area contributed by atoms with Crippen molar-refractivity contribution in [1.29, 1.82) is 0 Å². The van der Waals surface area contributed by atoms with Crippen molar-refractivity contribution in [2.24, 2.45) is 0 Å². The minimum Gasteiger partial charge on any atom is -0.410 e. The van der Waals surface area contributed by atoms with Crippen LogP contribution >= 0.6 is 0 Å². The molecule has 16 heavy (non-hydrogen) atoms.